The van der Waals surface area contributed by atoms with Gasteiger partial charge >= 0.3 is 59.1 Å². The molecule has 0 saturated heterocycles. The first-order valence-electron chi connectivity index (χ1n) is 3.33. The van der Waals surface area contributed by atoms with Gasteiger partial charge in [0.15, 0.2) is 0 Å². The summed E-state index contributed by atoms with van der Waals surface area (Å²) in [6.45, 7) is 0. The fraction of sp³-hybridized carbons (Fsp3) is 0.143. The molecule has 0 unspecified atom stereocenters. The zero-order valence-corrected chi connectivity index (χ0v) is 14.1. The molecule has 0 heterocycles. The summed E-state index contributed by atoms with van der Waals surface area (Å²) in [7, 11) is -4.16. The molecule has 0 aromatic heterocycles. The Morgan fingerprint density at radius 2 is 1.80 bits per heavy atom. The van der Waals surface area contributed by atoms with Crippen molar-refractivity contribution in [2.45, 2.75) is 5.75 Å². The number of benzene rings is 1. The van der Waals surface area contributed by atoms with E-state index >= 15 is 0 Å². The molecule has 0 N–H and O–H groups in total. The fourth-order valence-corrected chi connectivity index (χ4v) is 2.07. The topological polar surface area (TPSA) is 63.2 Å². The van der Waals surface area contributed by atoms with Gasteiger partial charge in [0, 0.05) is 5.56 Å². The van der Waals surface area contributed by atoms with Crippen LogP contribution in [0.3, 0.4) is 0 Å². The SMILES string of the molecule is O=S([O-])([O-])=[S+]Cc1ccccc1F.[Na+].[Na+]. The van der Waals surface area contributed by atoms with Gasteiger partial charge in [0.05, 0.1) is 9.05 Å². The van der Waals surface area contributed by atoms with Crippen LogP contribution in [0.5, 0.6) is 0 Å². The molecule has 0 bridgehead atoms. The molecule has 0 saturated carbocycles. The van der Waals surface area contributed by atoms with Gasteiger partial charge in [-0.2, -0.15) is 0 Å². The Morgan fingerprint density at radius 3 is 2.27 bits per heavy atom. The number of halogens is 1. The summed E-state index contributed by atoms with van der Waals surface area (Å²) < 4.78 is 43.5. The predicted octanol–water partition coefficient (Wildman–Crippen LogP) is -5.12. The molecule has 0 aliphatic carbocycles. The average molecular weight is 267 g/mol. The van der Waals surface area contributed by atoms with E-state index in [0.717, 1.165) is 0 Å². The molecule has 15 heavy (non-hydrogen) atoms. The Balaban J connectivity index is 0. The van der Waals surface area contributed by atoms with Gasteiger partial charge < -0.3 is 9.11 Å². The average Bonchev–Trinajstić information content (AvgIpc) is 2.01. The van der Waals surface area contributed by atoms with Crippen molar-refractivity contribution in [3.8, 4) is 0 Å². The summed E-state index contributed by atoms with van der Waals surface area (Å²) in [5.41, 5.74) is 0.215. The van der Waals surface area contributed by atoms with Crippen LogP contribution in [-0.2, 0) is 25.1 Å². The number of hydrogen-bond donors (Lipinski definition) is 0. The van der Waals surface area contributed by atoms with Crippen LogP contribution in [0.25, 0.3) is 0 Å². The van der Waals surface area contributed by atoms with E-state index < -0.39 is 14.9 Å². The summed E-state index contributed by atoms with van der Waals surface area (Å²) in [5, 5.41) is 0. The van der Waals surface area contributed by atoms with Gasteiger partial charge in [-0.15, -0.1) is 0 Å². The fourth-order valence-electron chi connectivity index (χ4n) is 0.751. The summed E-state index contributed by atoms with van der Waals surface area (Å²) in [6.07, 6.45) is 0. The van der Waals surface area contributed by atoms with Crippen molar-refractivity contribution in [1.82, 2.24) is 0 Å². The molecule has 0 fully saturated rings. The van der Waals surface area contributed by atoms with Gasteiger partial charge in [-0.25, -0.2) is 8.60 Å². The van der Waals surface area contributed by atoms with E-state index in [9.17, 15) is 17.7 Å². The number of hydrogen-bond acceptors (Lipinski definition) is 3. The second-order valence-electron chi connectivity index (χ2n) is 2.26. The van der Waals surface area contributed by atoms with E-state index in [1.165, 1.54) is 18.2 Å². The summed E-state index contributed by atoms with van der Waals surface area (Å²) in [4.78, 5) is 0. The maximum atomic E-state index is 12.9. The molecule has 0 atom stereocenters. The Bertz CT molecular complexity index is 410. The molecule has 0 aliphatic heterocycles. The van der Waals surface area contributed by atoms with E-state index in [1.54, 1.807) is 6.07 Å². The van der Waals surface area contributed by atoms with Crippen LogP contribution in [-0.4, -0.2) is 13.3 Å². The van der Waals surface area contributed by atoms with E-state index in [4.69, 9.17) is 0 Å². The second-order valence-corrected chi connectivity index (χ2v) is 5.53. The Labute approximate surface area is 136 Å². The zero-order chi connectivity index (χ0) is 9.90. The van der Waals surface area contributed by atoms with Crippen molar-refractivity contribution >= 4 is 19.4 Å². The van der Waals surface area contributed by atoms with Crippen molar-refractivity contribution in [3.05, 3.63) is 35.6 Å². The Kier molecular flexibility index (Phi) is 10.7. The van der Waals surface area contributed by atoms with Crippen LogP contribution in [0.1, 0.15) is 5.56 Å². The van der Waals surface area contributed by atoms with Gasteiger partial charge in [-0.1, -0.05) is 18.2 Å². The normalized spacial score (nSPS) is 9.80. The monoisotopic (exact) mass is 267 g/mol. The van der Waals surface area contributed by atoms with Crippen molar-refractivity contribution in [3.63, 3.8) is 0 Å². The predicted molar refractivity (Wildman–Crippen MR) is 47.2 cm³/mol. The van der Waals surface area contributed by atoms with Crippen molar-refractivity contribution in [2.24, 2.45) is 0 Å². The van der Waals surface area contributed by atoms with Gasteiger partial charge in [0.1, 0.15) is 5.82 Å². The van der Waals surface area contributed by atoms with Crippen molar-refractivity contribution < 1.29 is 76.8 Å². The second kappa shape index (κ2) is 8.52. The van der Waals surface area contributed by atoms with E-state index in [-0.39, 0.29) is 80.8 Å². The molecule has 0 radical (unpaired) electrons. The molecule has 0 spiro atoms. The van der Waals surface area contributed by atoms with Gasteiger partial charge in [-0.05, 0) is 6.07 Å². The molecular formula is C7H6FNa2O3S2+. The first-order chi connectivity index (χ1) is 5.99. The summed E-state index contributed by atoms with van der Waals surface area (Å²) in [6, 6.07) is 5.73. The quantitative estimate of drug-likeness (QED) is 0.398. The third-order valence-electron chi connectivity index (χ3n) is 1.32. The van der Waals surface area contributed by atoms with Crippen LogP contribution in [0.2, 0.25) is 0 Å². The molecule has 8 heteroatoms. The largest absolute Gasteiger partial charge is 1.00 e. The van der Waals surface area contributed by atoms with Crippen LogP contribution in [0, 0.1) is 5.82 Å². The summed E-state index contributed by atoms with van der Waals surface area (Å²) >= 11 is 0. The molecule has 1 rings (SSSR count). The Morgan fingerprint density at radius 1 is 1.27 bits per heavy atom. The molecule has 1 aromatic rings. The van der Waals surface area contributed by atoms with Gasteiger partial charge in [-0.3, -0.25) is 0 Å². The zero-order valence-electron chi connectivity index (χ0n) is 8.44. The minimum atomic E-state index is -4.34. The summed E-state index contributed by atoms with van der Waals surface area (Å²) in [5.74, 6) is -0.656. The first-order valence-corrected chi connectivity index (χ1v) is 6.24. The van der Waals surface area contributed by atoms with Gasteiger partial charge in [0.25, 0.3) is 0 Å². The molecule has 0 aliphatic rings. The molecular weight excluding hydrogens is 261 g/mol. The maximum Gasteiger partial charge on any atom is 1.00 e. The number of rotatable bonds is 2. The van der Waals surface area contributed by atoms with Crippen molar-refractivity contribution in [2.75, 3.05) is 0 Å². The molecule has 1 aromatic carbocycles. The third-order valence-corrected chi connectivity index (χ3v) is 3.25. The van der Waals surface area contributed by atoms with Gasteiger partial charge in [0.2, 0.25) is 16.1 Å². The third kappa shape index (κ3) is 8.20. The molecule has 3 nitrogen and oxygen atoms in total. The van der Waals surface area contributed by atoms with Crippen molar-refractivity contribution in [1.29, 1.82) is 0 Å². The van der Waals surface area contributed by atoms with E-state index in [2.05, 4.69) is 0 Å². The minimum Gasteiger partial charge on any atom is -0.746 e. The standard InChI is InChI=1S/C7H7FO3S2.2Na/c8-7-4-2-1-3-6(7)5-12-13(9,10)11;;/h1-4H,5H2,(H-,9,10,11);;/q;2*+1/p-1. The molecule has 0 amide bonds. The van der Waals surface area contributed by atoms with E-state index in [0.29, 0.717) is 0 Å². The molecule has 72 valence electrons. The first kappa shape index (κ1) is 18.8. The van der Waals surface area contributed by atoms with E-state index in [1.807, 2.05) is 0 Å². The maximum absolute atomic E-state index is 12.9. The minimum absolute atomic E-state index is 0. The van der Waals surface area contributed by atoms with Crippen LogP contribution in [0.15, 0.2) is 24.3 Å². The van der Waals surface area contributed by atoms with Crippen LogP contribution >= 0.6 is 0 Å². The van der Waals surface area contributed by atoms with Crippen LogP contribution in [0.4, 0.5) is 4.39 Å². The van der Waals surface area contributed by atoms with Crippen LogP contribution < -0.4 is 59.1 Å². The Hall–Kier alpha value is 1.44. The smallest absolute Gasteiger partial charge is 0.746 e.